The van der Waals surface area contributed by atoms with Crippen molar-refractivity contribution in [1.82, 2.24) is 20.4 Å². The molecule has 110 valence electrons. The molecule has 1 fully saturated rings. The number of rotatable bonds is 2. The third kappa shape index (κ3) is 3.44. The van der Waals surface area contributed by atoms with Gasteiger partial charge in [-0.15, -0.1) is 0 Å². The third-order valence-electron chi connectivity index (χ3n) is 3.39. The SMILES string of the molecule is CN1CC(NC(=O)c2ccnnc2)CCC1C(F)(F)F. The van der Waals surface area contributed by atoms with Crippen molar-refractivity contribution in [3.63, 3.8) is 0 Å². The summed E-state index contributed by atoms with van der Waals surface area (Å²) in [6.07, 6.45) is -1.22. The number of hydrogen-bond acceptors (Lipinski definition) is 4. The summed E-state index contributed by atoms with van der Waals surface area (Å²) in [6, 6.07) is -0.217. The van der Waals surface area contributed by atoms with E-state index in [1.807, 2.05) is 0 Å². The van der Waals surface area contributed by atoms with Crippen molar-refractivity contribution >= 4 is 5.91 Å². The second-order valence-electron chi connectivity index (χ2n) is 4.88. The van der Waals surface area contributed by atoms with Crippen LogP contribution in [0.3, 0.4) is 0 Å². The van der Waals surface area contributed by atoms with Crippen molar-refractivity contribution in [2.45, 2.75) is 31.1 Å². The summed E-state index contributed by atoms with van der Waals surface area (Å²) in [5.41, 5.74) is 0.348. The van der Waals surface area contributed by atoms with Gasteiger partial charge in [-0.2, -0.15) is 23.4 Å². The molecule has 1 aromatic rings. The van der Waals surface area contributed by atoms with Crippen molar-refractivity contribution in [2.24, 2.45) is 0 Å². The van der Waals surface area contributed by atoms with Crippen LogP contribution in [0.4, 0.5) is 13.2 Å². The molecule has 1 aromatic heterocycles. The van der Waals surface area contributed by atoms with Gasteiger partial charge in [-0.05, 0) is 26.0 Å². The zero-order valence-corrected chi connectivity index (χ0v) is 10.9. The largest absolute Gasteiger partial charge is 0.404 e. The molecule has 1 aliphatic heterocycles. The first-order valence-corrected chi connectivity index (χ1v) is 6.22. The van der Waals surface area contributed by atoms with Crippen LogP contribution in [-0.4, -0.2) is 52.9 Å². The fourth-order valence-electron chi connectivity index (χ4n) is 2.37. The highest BCUT2D eigenvalue weighted by Crippen LogP contribution is 2.30. The number of likely N-dealkylation sites (tertiary alicyclic amines) is 1. The van der Waals surface area contributed by atoms with Gasteiger partial charge in [-0.25, -0.2) is 0 Å². The van der Waals surface area contributed by atoms with E-state index < -0.39 is 12.2 Å². The van der Waals surface area contributed by atoms with E-state index in [4.69, 9.17) is 0 Å². The van der Waals surface area contributed by atoms with Crippen LogP contribution in [0.25, 0.3) is 0 Å². The van der Waals surface area contributed by atoms with Gasteiger partial charge < -0.3 is 5.32 Å². The number of carbonyl (C=O) groups is 1. The smallest absolute Gasteiger partial charge is 0.348 e. The topological polar surface area (TPSA) is 58.1 Å². The molecule has 1 amide bonds. The van der Waals surface area contributed by atoms with Crippen LogP contribution in [0.5, 0.6) is 0 Å². The lowest BCUT2D eigenvalue weighted by atomic mass is 9.98. The Morgan fingerprint density at radius 1 is 1.40 bits per heavy atom. The van der Waals surface area contributed by atoms with Crippen LogP contribution in [-0.2, 0) is 0 Å². The molecule has 0 radical (unpaired) electrons. The molecule has 5 nitrogen and oxygen atoms in total. The highest BCUT2D eigenvalue weighted by Gasteiger charge is 2.44. The predicted octanol–water partition coefficient (Wildman–Crippen LogP) is 1.23. The Morgan fingerprint density at radius 3 is 2.70 bits per heavy atom. The molecule has 1 saturated heterocycles. The number of halogens is 3. The number of alkyl halides is 3. The molecule has 0 spiro atoms. The summed E-state index contributed by atoms with van der Waals surface area (Å²) >= 11 is 0. The number of likely N-dealkylation sites (N-methyl/N-ethyl adjacent to an activating group) is 1. The van der Waals surface area contributed by atoms with Gasteiger partial charge in [-0.1, -0.05) is 0 Å². The van der Waals surface area contributed by atoms with Crippen LogP contribution in [0.1, 0.15) is 23.2 Å². The van der Waals surface area contributed by atoms with Crippen LogP contribution in [0.15, 0.2) is 18.5 Å². The molecule has 1 N–H and O–H groups in total. The molecular weight excluding hydrogens is 273 g/mol. The van der Waals surface area contributed by atoms with Crippen molar-refractivity contribution in [3.8, 4) is 0 Å². The minimum Gasteiger partial charge on any atom is -0.348 e. The highest BCUT2D eigenvalue weighted by molar-refractivity contribution is 5.93. The zero-order chi connectivity index (χ0) is 14.8. The average molecular weight is 288 g/mol. The van der Waals surface area contributed by atoms with Gasteiger partial charge in [0.05, 0.1) is 18.0 Å². The Balaban J connectivity index is 1.92. The molecule has 2 atom stereocenters. The Hall–Kier alpha value is -1.70. The Labute approximate surface area is 114 Å². The quantitative estimate of drug-likeness (QED) is 0.889. The van der Waals surface area contributed by atoms with Crippen molar-refractivity contribution < 1.29 is 18.0 Å². The lowest BCUT2D eigenvalue weighted by Crippen LogP contribution is -2.54. The summed E-state index contributed by atoms with van der Waals surface area (Å²) in [6.45, 7) is 0.175. The normalized spacial score (nSPS) is 24.4. The van der Waals surface area contributed by atoms with Crippen molar-refractivity contribution in [1.29, 1.82) is 0 Å². The van der Waals surface area contributed by atoms with Crippen LogP contribution < -0.4 is 5.32 Å². The molecule has 0 bridgehead atoms. The van der Waals surface area contributed by atoms with E-state index in [0.717, 1.165) is 0 Å². The second kappa shape index (κ2) is 5.74. The van der Waals surface area contributed by atoms with Gasteiger partial charge in [0.1, 0.15) is 6.04 Å². The highest BCUT2D eigenvalue weighted by atomic mass is 19.4. The van der Waals surface area contributed by atoms with Gasteiger partial charge >= 0.3 is 6.18 Å². The first-order chi connectivity index (χ1) is 9.38. The van der Waals surface area contributed by atoms with Gasteiger partial charge in [0.15, 0.2) is 0 Å². The summed E-state index contributed by atoms with van der Waals surface area (Å²) in [5.74, 6) is -0.344. The molecular formula is C12H15F3N4O. The van der Waals surface area contributed by atoms with E-state index in [1.165, 1.54) is 30.4 Å². The maximum atomic E-state index is 12.7. The van der Waals surface area contributed by atoms with Crippen molar-refractivity contribution in [3.05, 3.63) is 24.0 Å². The Morgan fingerprint density at radius 2 is 2.15 bits per heavy atom. The number of carbonyl (C=O) groups excluding carboxylic acids is 1. The standard InChI is InChI=1S/C12H15F3N4O/c1-19-7-9(2-3-10(19)12(13,14)15)18-11(20)8-4-5-16-17-6-8/h4-6,9-10H,2-3,7H2,1H3,(H,18,20). The van der Waals surface area contributed by atoms with E-state index in [2.05, 4.69) is 15.5 Å². The van der Waals surface area contributed by atoms with Crippen LogP contribution in [0.2, 0.25) is 0 Å². The third-order valence-corrected chi connectivity index (χ3v) is 3.39. The number of nitrogens with one attached hydrogen (secondary N) is 1. The molecule has 0 aliphatic carbocycles. The van der Waals surface area contributed by atoms with E-state index in [9.17, 15) is 18.0 Å². The fourth-order valence-corrected chi connectivity index (χ4v) is 2.37. The van der Waals surface area contributed by atoms with E-state index >= 15 is 0 Å². The van der Waals surface area contributed by atoms with Crippen LogP contribution >= 0.6 is 0 Å². The number of amides is 1. The first kappa shape index (κ1) is 14.7. The Kier molecular flexibility index (Phi) is 4.22. The van der Waals surface area contributed by atoms with Gasteiger partial charge in [0.2, 0.25) is 0 Å². The second-order valence-corrected chi connectivity index (χ2v) is 4.88. The lowest BCUT2D eigenvalue weighted by Gasteiger charge is -2.38. The summed E-state index contributed by atoms with van der Waals surface area (Å²) < 4.78 is 38.1. The van der Waals surface area contributed by atoms with Gasteiger partial charge in [0.25, 0.3) is 5.91 Å². The molecule has 1 aliphatic rings. The number of hydrogen-bond donors (Lipinski definition) is 1. The molecule has 0 saturated carbocycles. The van der Waals surface area contributed by atoms with E-state index in [0.29, 0.717) is 12.0 Å². The van der Waals surface area contributed by atoms with Crippen LogP contribution in [0, 0.1) is 0 Å². The number of nitrogens with zero attached hydrogens (tertiary/aromatic N) is 3. The average Bonchev–Trinajstić information content (AvgIpc) is 2.38. The molecule has 2 heterocycles. The summed E-state index contributed by atoms with van der Waals surface area (Å²) in [4.78, 5) is 13.1. The minimum atomic E-state index is -4.22. The number of piperidine rings is 1. The van der Waals surface area contributed by atoms with Crippen molar-refractivity contribution in [2.75, 3.05) is 13.6 Å². The zero-order valence-electron chi connectivity index (χ0n) is 10.9. The monoisotopic (exact) mass is 288 g/mol. The first-order valence-electron chi connectivity index (χ1n) is 6.22. The number of aromatic nitrogens is 2. The minimum absolute atomic E-state index is 0.0143. The predicted molar refractivity (Wildman–Crippen MR) is 65.0 cm³/mol. The molecule has 20 heavy (non-hydrogen) atoms. The lowest BCUT2D eigenvalue weighted by molar-refractivity contribution is -0.188. The molecule has 2 unspecified atom stereocenters. The Bertz CT molecular complexity index is 466. The maximum absolute atomic E-state index is 12.7. The molecule has 8 heteroatoms. The van der Waals surface area contributed by atoms with Gasteiger partial charge in [0, 0.05) is 12.6 Å². The molecule has 2 rings (SSSR count). The van der Waals surface area contributed by atoms with Gasteiger partial charge in [-0.3, -0.25) is 9.69 Å². The van der Waals surface area contributed by atoms with E-state index in [1.54, 1.807) is 0 Å². The summed E-state index contributed by atoms with van der Waals surface area (Å²) in [7, 11) is 1.42. The molecule has 0 aromatic carbocycles. The van der Waals surface area contributed by atoms with E-state index in [-0.39, 0.29) is 24.9 Å². The maximum Gasteiger partial charge on any atom is 0.404 e. The summed E-state index contributed by atoms with van der Waals surface area (Å²) in [5, 5.41) is 9.87. The fraction of sp³-hybridized carbons (Fsp3) is 0.583.